The summed E-state index contributed by atoms with van der Waals surface area (Å²) in [6.45, 7) is 0.808. The van der Waals surface area contributed by atoms with Crippen molar-refractivity contribution in [2.24, 2.45) is 7.05 Å². The lowest BCUT2D eigenvalue weighted by Gasteiger charge is -2.28. The molecular formula is C21H21FN4. The summed E-state index contributed by atoms with van der Waals surface area (Å²) in [6.07, 6.45) is 6.33. The molecule has 1 aromatic heterocycles. The third-order valence-corrected chi connectivity index (χ3v) is 5.52. The number of benzene rings is 2. The molecule has 0 N–H and O–H groups in total. The number of hydrogen-bond donors (Lipinski definition) is 0. The summed E-state index contributed by atoms with van der Waals surface area (Å²) in [5, 5.41) is 4.35. The summed E-state index contributed by atoms with van der Waals surface area (Å²) >= 11 is 0. The Kier molecular flexibility index (Phi) is 3.32. The Balaban J connectivity index is 1.59. The van der Waals surface area contributed by atoms with Gasteiger partial charge in [-0.1, -0.05) is 6.07 Å². The average Bonchev–Trinajstić information content (AvgIpc) is 3.33. The maximum absolute atomic E-state index is 13.3. The summed E-state index contributed by atoms with van der Waals surface area (Å²) in [4.78, 5) is 4.31. The van der Waals surface area contributed by atoms with Crippen molar-refractivity contribution in [2.75, 3.05) is 17.1 Å². The molecule has 0 amide bonds. The highest BCUT2D eigenvalue weighted by Gasteiger charge is 2.32. The summed E-state index contributed by atoms with van der Waals surface area (Å²) in [5.74, 6) is 0.456. The Morgan fingerprint density at radius 2 is 1.85 bits per heavy atom. The van der Waals surface area contributed by atoms with Crippen molar-refractivity contribution in [1.29, 1.82) is 0 Å². The van der Waals surface area contributed by atoms with E-state index >= 15 is 0 Å². The Morgan fingerprint density at radius 3 is 2.50 bits per heavy atom. The van der Waals surface area contributed by atoms with Crippen LogP contribution in [0.1, 0.15) is 29.9 Å². The maximum Gasteiger partial charge on any atom is 0.123 e. The van der Waals surface area contributed by atoms with Gasteiger partial charge < -0.3 is 4.57 Å². The molecule has 0 radical (unpaired) electrons. The van der Waals surface area contributed by atoms with Crippen molar-refractivity contribution in [2.45, 2.75) is 25.3 Å². The Bertz CT molecular complexity index is 972. The van der Waals surface area contributed by atoms with Gasteiger partial charge in [-0.3, -0.25) is 10.0 Å². The molecule has 132 valence electrons. The number of aryl methyl sites for hydroxylation is 1. The summed E-state index contributed by atoms with van der Waals surface area (Å²) in [7, 11) is 4.11. The second-order valence-electron chi connectivity index (χ2n) is 7.29. The zero-order chi connectivity index (χ0) is 17.8. The first-order chi connectivity index (χ1) is 12.6. The van der Waals surface area contributed by atoms with E-state index in [-0.39, 0.29) is 5.82 Å². The number of halogens is 1. The highest BCUT2D eigenvalue weighted by molar-refractivity contribution is 5.77. The van der Waals surface area contributed by atoms with Crippen LogP contribution in [0, 0.1) is 5.82 Å². The molecule has 0 unspecified atom stereocenters. The van der Waals surface area contributed by atoms with E-state index in [9.17, 15) is 4.39 Å². The largest absolute Gasteiger partial charge is 0.334 e. The Labute approximate surface area is 152 Å². The fourth-order valence-corrected chi connectivity index (χ4v) is 3.93. The number of rotatable bonds is 3. The monoisotopic (exact) mass is 348 g/mol. The first-order valence-corrected chi connectivity index (χ1v) is 9.02. The fourth-order valence-electron chi connectivity index (χ4n) is 3.93. The predicted molar refractivity (Wildman–Crippen MR) is 102 cm³/mol. The standard InChI is InChI=1S/C21H21FN4/c1-24-13-23-11-21(24)19-10-20-15(9-18(19)14-3-4-14)12-26(25(20)2)17-7-5-16(22)6-8-17/h5-11,13-14H,3-4,12H2,1-2H3. The van der Waals surface area contributed by atoms with E-state index in [4.69, 9.17) is 0 Å². The van der Waals surface area contributed by atoms with E-state index in [1.165, 1.54) is 47.4 Å². The van der Waals surface area contributed by atoms with Crippen molar-refractivity contribution in [3.8, 4) is 11.3 Å². The van der Waals surface area contributed by atoms with Crippen LogP contribution in [0.15, 0.2) is 48.9 Å². The molecule has 0 atom stereocenters. The smallest absolute Gasteiger partial charge is 0.123 e. The SMILES string of the molecule is CN1c2cc(-c3cncn3C)c(C3CC3)cc2CN1c1ccc(F)cc1. The minimum absolute atomic E-state index is 0.206. The van der Waals surface area contributed by atoms with Gasteiger partial charge >= 0.3 is 0 Å². The van der Waals surface area contributed by atoms with Gasteiger partial charge in [0, 0.05) is 19.7 Å². The van der Waals surface area contributed by atoms with Gasteiger partial charge in [-0.05, 0) is 60.2 Å². The molecule has 26 heavy (non-hydrogen) atoms. The average molecular weight is 348 g/mol. The second-order valence-corrected chi connectivity index (χ2v) is 7.29. The molecule has 2 aromatic carbocycles. The topological polar surface area (TPSA) is 24.3 Å². The van der Waals surface area contributed by atoms with Gasteiger partial charge in [0.25, 0.3) is 0 Å². The van der Waals surface area contributed by atoms with Crippen LogP contribution >= 0.6 is 0 Å². The molecular weight excluding hydrogens is 327 g/mol. The molecule has 4 nitrogen and oxygen atoms in total. The minimum Gasteiger partial charge on any atom is -0.334 e. The molecule has 1 aliphatic carbocycles. The Hall–Kier alpha value is -2.82. The van der Waals surface area contributed by atoms with Gasteiger partial charge in [-0.25, -0.2) is 9.37 Å². The normalized spacial score (nSPS) is 16.3. The van der Waals surface area contributed by atoms with Crippen LogP contribution in [0.3, 0.4) is 0 Å². The lowest BCUT2D eigenvalue weighted by Crippen LogP contribution is -2.33. The first kappa shape index (κ1) is 15.4. The number of fused-ring (bicyclic) bond motifs is 1. The highest BCUT2D eigenvalue weighted by atomic mass is 19.1. The quantitative estimate of drug-likeness (QED) is 0.698. The van der Waals surface area contributed by atoms with Crippen molar-refractivity contribution in [3.63, 3.8) is 0 Å². The third-order valence-electron chi connectivity index (χ3n) is 5.52. The zero-order valence-corrected chi connectivity index (χ0v) is 15.0. The number of anilines is 2. The van der Waals surface area contributed by atoms with Gasteiger partial charge in [-0.2, -0.15) is 0 Å². The van der Waals surface area contributed by atoms with Gasteiger partial charge in [0.2, 0.25) is 0 Å². The van der Waals surface area contributed by atoms with E-state index in [1.54, 1.807) is 0 Å². The lowest BCUT2D eigenvalue weighted by molar-refractivity contribution is 0.627. The summed E-state index contributed by atoms with van der Waals surface area (Å²) in [5.41, 5.74) is 7.39. The minimum atomic E-state index is -0.206. The lowest BCUT2D eigenvalue weighted by atomic mass is 9.97. The van der Waals surface area contributed by atoms with Crippen LogP contribution < -0.4 is 10.0 Å². The van der Waals surface area contributed by atoms with Crippen LogP contribution in [0.2, 0.25) is 0 Å². The van der Waals surface area contributed by atoms with Crippen LogP contribution in [0.4, 0.5) is 15.8 Å². The van der Waals surface area contributed by atoms with Crippen LogP contribution in [0.5, 0.6) is 0 Å². The van der Waals surface area contributed by atoms with Crippen molar-refractivity contribution in [3.05, 3.63) is 65.9 Å². The Morgan fingerprint density at radius 1 is 1.08 bits per heavy atom. The molecule has 1 aliphatic heterocycles. The van der Waals surface area contributed by atoms with Crippen LogP contribution in [-0.2, 0) is 13.6 Å². The molecule has 1 fully saturated rings. The van der Waals surface area contributed by atoms with Gasteiger partial charge in [-0.15, -0.1) is 0 Å². The van der Waals surface area contributed by atoms with Crippen LogP contribution in [0.25, 0.3) is 11.3 Å². The number of nitrogens with zero attached hydrogens (tertiary/aromatic N) is 4. The summed E-state index contributed by atoms with van der Waals surface area (Å²) < 4.78 is 15.4. The molecule has 0 saturated heterocycles. The van der Waals surface area contributed by atoms with Crippen LogP contribution in [-0.4, -0.2) is 16.6 Å². The van der Waals surface area contributed by atoms with Crippen molar-refractivity contribution < 1.29 is 4.39 Å². The number of aromatic nitrogens is 2. The van der Waals surface area contributed by atoms with E-state index < -0.39 is 0 Å². The molecule has 3 aromatic rings. The molecule has 5 rings (SSSR count). The summed E-state index contributed by atoms with van der Waals surface area (Å²) in [6, 6.07) is 11.4. The van der Waals surface area contributed by atoms with Gasteiger partial charge in [0.05, 0.1) is 36.1 Å². The number of imidazole rings is 1. The van der Waals surface area contributed by atoms with E-state index in [2.05, 4.69) is 38.7 Å². The molecule has 1 saturated carbocycles. The molecule has 0 spiro atoms. The first-order valence-electron chi connectivity index (χ1n) is 9.02. The maximum atomic E-state index is 13.3. The van der Waals surface area contributed by atoms with Crippen molar-refractivity contribution >= 4 is 11.4 Å². The van der Waals surface area contributed by atoms with Crippen molar-refractivity contribution in [1.82, 2.24) is 9.55 Å². The van der Waals surface area contributed by atoms with E-state index in [1.807, 2.05) is 31.7 Å². The predicted octanol–water partition coefficient (Wildman–Crippen LogP) is 4.48. The molecule has 0 bridgehead atoms. The van der Waals surface area contributed by atoms with E-state index in [0.717, 1.165) is 17.9 Å². The molecule has 2 aliphatic rings. The fraction of sp³-hybridized carbons (Fsp3) is 0.286. The zero-order valence-electron chi connectivity index (χ0n) is 15.0. The van der Waals surface area contributed by atoms with Gasteiger partial charge in [0.15, 0.2) is 0 Å². The highest BCUT2D eigenvalue weighted by Crippen LogP contribution is 2.48. The van der Waals surface area contributed by atoms with E-state index in [0.29, 0.717) is 5.92 Å². The molecule has 2 heterocycles. The number of hydrazine groups is 1. The van der Waals surface area contributed by atoms with Gasteiger partial charge in [0.1, 0.15) is 5.82 Å². The second kappa shape index (κ2) is 5.59. The molecule has 5 heteroatoms. The number of hydrogen-bond acceptors (Lipinski definition) is 3. The third kappa shape index (κ3) is 2.38.